The van der Waals surface area contributed by atoms with Crippen molar-refractivity contribution in [3.63, 3.8) is 0 Å². The Morgan fingerprint density at radius 2 is 1.74 bits per heavy atom. The molecule has 1 aromatic rings. The van der Waals surface area contributed by atoms with Gasteiger partial charge in [-0.05, 0) is 109 Å². The van der Waals surface area contributed by atoms with E-state index in [0.29, 0.717) is 10.8 Å². The number of aliphatic hydroxyl groups excluding tert-OH is 1. The van der Waals surface area contributed by atoms with Crippen LogP contribution in [0.5, 0.6) is 0 Å². The molecule has 2 nitrogen and oxygen atoms in total. The molecule has 2 heteroatoms. The lowest BCUT2D eigenvalue weighted by Gasteiger charge is -2.58. The number of allylic oxidation sites excluding steroid dienone is 2. The number of carbonyl (C=O) groups excluding carboxylic acids is 1. The van der Waals surface area contributed by atoms with E-state index in [1.807, 2.05) is 30.3 Å². The molecule has 0 unspecified atom stereocenters. The van der Waals surface area contributed by atoms with Gasteiger partial charge in [0, 0.05) is 0 Å². The lowest BCUT2D eigenvalue weighted by molar-refractivity contribution is -0.104. The molecular weight excluding hydrogens is 464 g/mol. The minimum atomic E-state index is -0.0766. The summed E-state index contributed by atoms with van der Waals surface area (Å²) in [6.07, 6.45) is 21.2. The molecule has 4 aliphatic rings. The predicted molar refractivity (Wildman–Crippen MR) is 161 cm³/mol. The standard InChI is InChI=1S/C27H46O.C9H8O/c1-18(2)7-6-8-19(3)23-11-12-24-22-10-9-20-17-21(28)13-15-26(20,4)25(22)14-16-27(23,24)5;10-8-4-7-9-5-2-1-3-6-9/h9,18-19,21-25,28H,6-8,10-17H2,1-5H3;1-8H/t19-,21+,22+,23-,24+,25+,26+,27-;/m1./s1. The summed E-state index contributed by atoms with van der Waals surface area (Å²) in [5, 5.41) is 10.2. The zero-order valence-corrected chi connectivity index (χ0v) is 24.9. The first-order valence-corrected chi connectivity index (χ1v) is 15.7. The summed E-state index contributed by atoms with van der Waals surface area (Å²) in [6, 6.07) is 9.70. The van der Waals surface area contributed by atoms with Crippen molar-refractivity contribution in [2.24, 2.45) is 46.3 Å². The Bertz CT molecular complexity index is 961. The molecule has 3 saturated carbocycles. The highest BCUT2D eigenvalue weighted by Gasteiger charge is 2.59. The van der Waals surface area contributed by atoms with Crippen molar-refractivity contribution in [1.82, 2.24) is 0 Å². The molecule has 4 aliphatic carbocycles. The summed E-state index contributed by atoms with van der Waals surface area (Å²) in [7, 11) is 0. The topological polar surface area (TPSA) is 37.3 Å². The first-order valence-electron chi connectivity index (χ1n) is 15.7. The monoisotopic (exact) mass is 518 g/mol. The molecule has 0 aromatic heterocycles. The number of rotatable bonds is 7. The van der Waals surface area contributed by atoms with E-state index in [4.69, 9.17) is 0 Å². The third-order valence-electron chi connectivity index (χ3n) is 11.4. The van der Waals surface area contributed by atoms with E-state index < -0.39 is 0 Å². The molecule has 0 heterocycles. The Labute approximate surface area is 233 Å². The van der Waals surface area contributed by atoms with Crippen molar-refractivity contribution in [2.45, 2.75) is 111 Å². The SMILES string of the molecule is CC(C)CCC[C@@H](C)[C@H]1CC[C@H]2[C@@H]3CC=C4C[C@@H](O)CC[C@]4(C)[C@H]3CC[C@]12C.O=CC=Cc1ccccc1. The van der Waals surface area contributed by atoms with Crippen molar-refractivity contribution in [3.05, 3.63) is 53.6 Å². The Balaban J connectivity index is 0.000000283. The smallest absolute Gasteiger partial charge is 0.142 e. The summed E-state index contributed by atoms with van der Waals surface area (Å²) in [4.78, 5) is 9.89. The quantitative estimate of drug-likeness (QED) is 0.222. The lowest BCUT2D eigenvalue weighted by atomic mass is 9.47. The molecule has 0 spiro atoms. The van der Waals surface area contributed by atoms with Gasteiger partial charge in [-0.3, -0.25) is 4.79 Å². The summed E-state index contributed by atoms with van der Waals surface area (Å²) in [5.74, 6) is 5.46. The zero-order chi connectivity index (χ0) is 27.3. The maximum Gasteiger partial charge on any atom is 0.142 e. The number of hydrogen-bond acceptors (Lipinski definition) is 2. The van der Waals surface area contributed by atoms with Crippen LogP contribution in [0.2, 0.25) is 0 Å². The Kier molecular flexibility index (Phi) is 9.77. The third kappa shape index (κ3) is 6.22. The van der Waals surface area contributed by atoms with E-state index in [0.717, 1.165) is 60.2 Å². The molecule has 1 aromatic carbocycles. The second-order valence-corrected chi connectivity index (χ2v) is 14.1. The first kappa shape index (κ1) is 29.3. The molecular formula is C36H54O2. The van der Waals surface area contributed by atoms with Crippen molar-refractivity contribution < 1.29 is 9.90 Å². The van der Waals surface area contributed by atoms with Crippen LogP contribution in [-0.4, -0.2) is 17.5 Å². The van der Waals surface area contributed by atoms with E-state index in [1.54, 1.807) is 11.6 Å². The van der Waals surface area contributed by atoms with Crippen LogP contribution in [0.15, 0.2) is 48.1 Å². The fourth-order valence-electron chi connectivity index (χ4n) is 9.38. The van der Waals surface area contributed by atoms with Crippen molar-refractivity contribution in [2.75, 3.05) is 0 Å². The van der Waals surface area contributed by atoms with E-state index >= 15 is 0 Å². The number of aldehydes is 1. The number of carbonyl (C=O) groups is 1. The minimum Gasteiger partial charge on any atom is -0.393 e. The molecule has 1 N–H and O–H groups in total. The Morgan fingerprint density at radius 3 is 2.45 bits per heavy atom. The van der Waals surface area contributed by atoms with Crippen molar-refractivity contribution >= 4 is 12.4 Å². The van der Waals surface area contributed by atoms with Crippen LogP contribution in [0.3, 0.4) is 0 Å². The van der Waals surface area contributed by atoms with Gasteiger partial charge in [-0.2, -0.15) is 0 Å². The summed E-state index contributed by atoms with van der Waals surface area (Å²) in [6.45, 7) is 12.6. The number of benzene rings is 1. The van der Waals surface area contributed by atoms with Crippen LogP contribution in [0.4, 0.5) is 0 Å². The van der Waals surface area contributed by atoms with Gasteiger partial charge in [0.2, 0.25) is 0 Å². The maximum absolute atomic E-state index is 10.2. The molecule has 0 radical (unpaired) electrons. The Morgan fingerprint density at radius 1 is 0.974 bits per heavy atom. The normalized spacial score (nSPS) is 36.9. The van der Waals surface area contributed by atoms with Gasteiger partial charge in [0.1, 0.15) is 6.29 Å². The molecule has 5 rings (SSSR count). The highest BCUT2D eigenvalue weighted by molar-refractivity contribution is 5.73. The average molecular weight is 519 g/mol. The highest BCUT2D eigenvalue weighted by Crippen LogP contribution is 2.67. The molecule has 3 fully saturated rings. The van der Waals surface area contributed by atoms with Gasteiger partial charge >= 0.3 is 0 Å². The van der Waals surface area contributed by atoms with Crippen LogP contribution >= 0.6 is 0 Å². The second-order valence-electron chi connectivity index (χ2n) is 14.1. The second kappa shape index (κ2) is 12.7. The van der Waals surface area contributed by atoms with Gasteiger partial charge in [0.05, 0.1) is 6.10 Å². The number of aliphatic hydroxyl groups is 1. The van der Waals surface area contributed by atoms with Crippen LogP contribution in [0, 0.1) is 46.3 Å². The average Bonchev–Trinajstić information content (AvgIpc) is 3.26. The van der Waals surface area contributed by atoms with Gasteiger partial charge < -0.3 is 5.11 Å². The molecule has 8 atom stereocenters. The van der Waals surface area contributed by atoms with Crippen LogP contribution in [0.1, 0.15) is 111 Å². The summed E-state index contributed by atoms with van der Waals surface area (Å²) in [5.41, 5.74) is 3.65. The van der Waals surface area contributed by atoms with Crippen LogP contribution < -0.4 is 0 Å². The van der Waals surface area contributed by atoms with Gasteiger partial charge in [-0.15, -0.1) is 0 Å². The fraction of sp³-hybridized carbons (Fsp3) is 0.694. The van der Waals surface area contributed by atoms with E-state index in [9.17, 15) is 9.90 Å². The number of fused-ring (bicyclic) bond motifs is 5. The highest BCUT2D eigenvalue weighted by atomic mass is 16.3. The van der Waals surface area contributed by atoms with Gasteiger partial charge in [0.25, 0.3) is 0 Å². The first-order chi connectivity index (χ1) is 18.2. The van der Waals surface area contributed by atoms with Crippen molar-refractivity contribution in [3.8, 4) is 0 Å². The Hall–Kier alpha value is -1.67. The summed E-state index contributed by atoms with van der Waals surface area (Å²) < 4.78 is 0. The third-order valence-corrected chi connectivity index (χ3v) is 11.4. The molecule has 0 aliphatic heterocycles. The maximum atomic E-state index is 10.2. The van der Waals surface area contributed by atoms with Gasteiger partial charge in [-0.25, -0.2) is 0 Å². The molecule has 210 valence electrons. The van der Waals surface area contributed by atoms with Crippen LogP contribution in [-0.2, 0) is 4.79 Å². The van der Waals surface area contributed by atoms with E-state index in [2.05, 4.69) is 40.7 Å². The molecule has 0 amide bonds. The molecule has 0 bridgehead atoms. The summed E-state index contributed by atoms with van der Waals surface area (Å²) >= 11 is 0. The van der Waals surface area contributed by atoms with Gasteiger partial charge in [0.15, 0.2) is 0 Å². The minimum absolute atomic E-state index is 0.0766. The van der Waals surface area contributed by atoms with E-state index in [1.165, 1.54) is 63.9 Å². The largest absolute Gasteiger partial charge is 0.393 e. The lowest BCUT2D eigenvalue weighted by Crippen LogP contribution is -2.50. The van der Waals surface area contributed by atoms with Crippen molar-refractivity contribution in [1.29, 1.82) is 0 Å². The number of hydrogen-bond donors (Lipinski definition) is 1. The van der Waals surface area contributed by atoms with E-state index in [-0.39, 0.29) is 6.10 Å². The predicted octanol–water partition coefficient (Wildman–Crippen LogP) is 9.29. The van der Waals surface area contributed by atoms with Gasteiger partial charge in [-0.1, -0.05) is 102 Å². The van der Waals surface area contributed by atoms with Crippen LogP contribution in [0.25, 0.3) is 6.08 Å². The molecule has 38 heavy (non-hydrogen) atoms. The fourth-order valence-corrected chi connectivity index (χ4v) is 9.38. The zero-order valence-electron chi connectivity index (χ0n) is 24.9. The molecule has 0 saturated heterocycles.